The van der Waals surface area contributed by atoms with Crippen LogP contribution in [-0.4, -0.2) is 24.3 Å². The maximum absolute atomic E-state index is 11.9. The van der Waals surface area contributed by atoms with E-state index in [1.807, 2.05) is 37.3 Å². The summed E-state index contributed by atoms with van der Waals surface area (Å²) in [5, 5.41) is 2.89. The van der Waals surface area contributed by atoms with Crippen LogP contribution in [0.2, 0.25) is 0 Å². The number of hydrogen-bond donors (Lipinski definition) is 1. The summed E-state index contributed by atoms with van der Waals surface area (Å²) in [6.07, 6.45) is 3.35. The van der Waals surface area contributed by atoms with E-state index in [9.17, 15) is 9.59 Å². The molecule has 21 heavy (non-hydrogen) atoms. The van der Waals surface area contributed by atoms with Crippen molar-refractivity contribution in [1.82, 2.24) is 5.32 Å². The van der Waals surface area contributed by atoms with E-state index in [0.29, 0.717) is 6.42 Å². The first-order valence-corrected chi connectivity index (χ1v) is 7.20. The van der Waals surface area contributed by atoms with E-state index in [4.69, 9.17) is 4.74 Å². The van der Waals surface area contributed by atoms with Gasteiger partial charge in [-0.05, 0) is 25.3 Å². The zero-order chi connectivity index (χ0) is 15.1. The van der Waals surface area contributed by atoms with Gasteiger partial charge >= 0.3 is 6.09 Å². The van der Waals surface area contributed by atoms with Crippen LogP contribution in [0.4, 0.5) is 4.79 Å². The van der Waals surface area contributed by atoms with E-state index in [0.717, 1.165) is 18.4 Å². The minimum absolute atomic E-state index is 0.0698. The Hall–Kier alpha value is -2.17. The number of rotatable bonds is 3. The average molecular weight is 288 g/mol. The third kappa shape index (κ3) is 5.02. The van der Waals surface area contributed by atoms with Crippen LogP contribution in [0.3, 0.4) is 0 Å². The first-order chi connectivity index (χ1) is 10.1. The first kappa shape index (κ1) is 15.2. The summed E-state index contributed by atoms with van der Waals surface area (Å²) in [5.74, 6) is -0.418. The third-order valence-electron chi connectivity index (χ3n) is 3.44. The normalized spacial score (nSPS) is 22.6. The number of nitrogens with zero attached hydrogens (tertiary/aromatic N) is 1. The maximum Gasteiger partial charge on any atom is 0.433 e. The quantitative estimate of drug-likeness (QED) is 0.869. The Bertz CT molecular complexity index is 514. The van der Waals surface area contributed by atoms with Crippen LogP contribution >= 0.6 is 0 Å². The molecule has 1 unspecified atom stereocenters. The van der Waals surface area contributed by atoms with E-state index in [1.165, 1.54) is 6.21 Å². The highest BCUT2D eigenvalue weighted by Gasteiger charge is 2.22. The lowest BCUT2D eigenvalue weighted by atomic mass is 10.0. The fourth-order valence-corrected chi connectivity index (χ4v) is 2.25. The fraction of sp³-hybridized carbons (Fsp3) is 0.438. The highest BCUT2D eigenvalue weighted by Crippen LogP contribution is 2.14. The number of amides is 2. The number of carbonyl (C=O) groups is 2. The summed E-state index contributed by atoms with van der Waals surface area (Å²) in [7, 11) is 0. The van der Waals surface area contributed by atoms with Gasteiger partial charge in [-0.15, -0.1) is 0 Å². The molecule has 1 aliphatic rings. The van der Waals surface area contributed by atoms with Crippen molar-refractivity contribution in [3.63, 3.8) is 0 Å². The van der Waals surface area contributed by atoms with E-state index in [-0.39, 0.29) is 24.5 Å². The molecule has 0 aliphatic carbocycles. The molecule has 2 amide bonds. The van der Waals surface area contributed by atoms with Gasteiger partial charge in [0.25, 0.3) is 0 Å². The van der Waals surface area contributed by atoms with Crippen LogP contribution in [0.25, 0.3) is 0 Å². The molecule has 2 rings (SSSR count). The average Bonchev–Trinajstić information content (AvgIpc) is 2.64. The van der Waals surface area contributed by atoms with Crippen molar-refractivity contribution < 1.29 is 14.3 Å². The molecule has 1 aromatic carbocycles. The van der Waals surface area contributed by atoms with Crippen molar-refractivity contribution in [2.45, 2.75) is 38.8 Å². The van der Waals surface area contributed by atoms with Gasteiger partial charge in [0.2, 0.25) is 5.91 Å². The Morgan fingerprint density at radius 2 is 2.14 bits per heavy atom. The third-order valence-corrected chi connectivity index (χ3v) is 3.44. The molecule has 1 saturated heterocycles. The number of hydrogen-bond acceptors (Lipinski definition) is 3. The molecule has 0 radical (unpaired) electrons. The predicted octanol–water partition coefficient (Wildman–Crippen LogP) is 2.70. The molecule has 112 valence electrons. The summed E-state index contributed by atoms with van der Waals surface area (Å²) < 4.78 is 5.04. The molecule has 2 atom stereocenters. The minimum atomic E-state index is -0.663. The molecule has 0 aromatic heterocycles. The molecule has 0 bridgehead atoms. The molecule has 5 nitrogen and oxygen atoms in total. The zero-order valence-corrected chi connectivity index (χ0v) is 12.1. The van der Waals surface area contributed by atoms with Crippen LogP contribution in [0.5, 0.6) is 0 Å². The largest absolute Gasteiger partial charge is 0.443 e. The highest BCUT2D eigenvalue weighted by atomic mass is 16.5. The van der Waals surface area contributed by atoms with E-state index in [1.54, 1.807) is 0 Å². The second-order valence-electron chi connectivity index (χ2n) is 5.27. The van der Waals surface area contributed by atoms with Gasteiger partial charge in [-0.2, -0.15) is 4.99 Å². The lowest BCUT2D eigenvalue weighted by molar-refractivity contribution is -0.123. The second-order valence-corrected chi connectivity index (χ2v) is 5.27. The Labute approximate surface area is 124 Å². The molecular weight excluding hydrogens is 268 g/mol. The Balaban J connectivity index is 1.82. The number of ether oxygens (including phenoxy) is 1. The van der Waals surface area contributed by atoms with Crippen LogP contribution < -0.4 is 5.32 Å². The maximum atomic E-state index is 11.9. The Kier molecular flexibility index (Phi) is 5.49. The van der Waals surface area contributed by atoms with Gasteiger partial charge in [0.05, 0.1) is 5.92 Å². The standard InChI is InChI=1S/C16H20N2O3/c1-12-6-5-9-14(15(19)18-12)10-17-16(20)21-11-13-7-3-2-4-8-13/h2-4,7-8,10,12,14H,5-6,9,11H2,1H3,(H,18,19)/t12-,14?/m1/s1. The van der Waals surface area contributed by atoms with Crippen molar-refractivity contribution in [3.8, 4) is 0 Å². The molecule has 1 aromatic rings. The van der Waals surface area contributed by atoms with Gasteiger partial charge in [-0.25, -0.2) is 4.79 Å². The lowest BCUT2D eigenvalue weighted by Gasteiger charge is -2.10. The summed E-state index contributed by atoms with van der Waals surface area (Å²) >= 11 is 0. The molecule has 0 saturated carbocycles. The fourth-order valence-electron chi connectivity index (χ4n) is 2.25. The number of nitrogens with one attached hydrogen (secondary N) is 1. The van der Waals surface area contributed by atoms with Crippen molar-refractivity contribution >= 4 is 18.2 Å². The smallest absolute Gasteiger partial charge is 0.433 e. The molecule has 0 spiro atoms. The SMILES string of the molecule is C[C@@H]1CCCC(C=NC(=O)OCc2ccccc2)C(=O)N1. The minimum Gasteiger partial charge on any atom is -0.443 e. The monoisotopic (exact) mass is 288 g/mol. The van der Waals surface area contributed by atoms with Crippen molar-refractivity contribution in [2.24, 2.45) is 10.9 Å². The summed E-state index contributed by atoms with van der Waals surface area (Å²) in [6.45, 7) is 2.16. The molecule has 5 heteroatoms. The van der Waals surface area contributed by atoms with Gasteiger partial charge in [0, 0.05) is 12.3 Å². The van der Waals surface area contributed by atoms with Crippen LogP contribution in [0.1, 0.15) is 31.7 Å². The van der Waals surface area contributed by atoms with Crippen LogP contribution in [0, 0.1) is 5.92 Å². The Morgan fingerprint density at radius 1 is 1.38 bits per heavy atom. The van der Waals surface area contributed by atoms with Crippen LogP contribution in [-0.2, 0) is 16.1 Å². The van der Waals surface area contributed by atoms with Gasteiger partial charge in [-0.1, -0.05) is 36.8 Å². The zero-order valence-electron chi connectivity index (χ0n) is 12.1. The summed E-state index contributed by atoms with van der Waals surface area (Å²) in [5.41, 5.74) is 0.905. The van der Waals surface area contributed by atoms with Gasteiger partial charge in [-0.3, -0.25) is 4.79 Å². The molecule has 1 aliphatic heterocycles. The van der Waals surface area contributed by atoms with E-state index in [2.05, 4.69) is 10.3 Å². The molecular formula is C16H20N2O3. The molecule has 1 N–H and O–H groups in total. The van der Waals surface area contributed by atoms with Crippen molar-refractivity contribution in [1.29, 1.82) is 0 Å². The number of carbonyl (C=O) groups excluding carboxylic acids is 2. The van der Waals surface area contributed by atoms with Gasteiger partial charge < -0.3 is 10.1 Å². The summed E-state index contributed by atoms with van der Waals surface area (Å²) in [6, 6.07) is 9.58. The second kappa shape index (κ2) is 7.57. The van der Waals surface area contributed by atoms with Crippen molar-refractivity contribution in [2.75, 3.05) is 0 Å². The van der Waals surface area contributed by atoms with E-state index >= 15 is 0 Å². The Morgan fingerprint density at radius 3 is 2.90 bits per heavy atom. The van der Waals surface area contributed by atoms with E-state index < -0.39 is 6.09 Å². The van der Waals surface area contributed by atoms with Crippen LogP contribution in [0.15, 0.2) is 35.3 Å². The number of benzene rings is 1. The predicted molar refractivity (Wildman–Crippen MR) is 80.1 cm³/mol. The lowest BCUT2D eigenvalue weighted by Crippen LogP contribution is -2.35. The molecule has 1 heterocycles. The highest BCUT2D eigenvalue weighted by molar-refractivity contribution is 5.96. The molecule has 1 fully saturated rings. The van der Waals surface area contributed by atoms with Gasteiger partial charge in [0.15, 0.2) is 0 Å². The number of aliphatic imine (C=N–C) groups is 1. The van der Waals surface area contributed by atoms with Crippen molar-refractivity contribution in [3.05, 3.63) is 35.9 Å². The van der Waals surface area contributed by atoms with Gasteiger partial charge in [0.1, 0.15) is 6.61 Å². The summed E-state index contributed by atoms with van der Waals surface area (Å²) in [4.78, 5) is 27.2. The topological polar surface area (TPSA) is 67.8 Å². The first-order valence-electron chi connectivity index (χ1n) is 7.20.